The summed E-state index contributed by atoms with van der Waals surface area (Å²) in [4.78, 5) is 0. The van der Waals surface area contributed by atoms with E-state index in [1.165, 1.54) is 0 Å². The van der Waals surface area contributed by atoms with Crippen LogP contribution < -0.4 is 4.74 Å². The lowest BCUT2D eigenvalue weighted by Crippen LogP contribution is -2.35. The molecule has 2 nitrogen and oxygen atoms in total. The molecule has 0 aliphatic carbocycles. The first-order valence-corrected chi connectivity index (χ1v) is 7.88. The maximum absolute atomic E-state index is 10.1. The third-order valence-electron chi connectivity index (χ3n) is 3.96. The quantitative estimate of drug-likeness (QED) is 0.729. The van der Waals surface area contributed by atoms with Gasteiger partial charge in [-0.1, -0.05) is 0 Å². The van der Waals surface area contributed by atoms with Crippen LogP contribution in [0.1, 0.15) is 35.6 Å². The summed E-state index contributed by atoms with van der Waals surface area (Å²) in [6.45, 7) is 7.98. The Morgan fingerprint density at radius 1 is 1.21 bits per heavy atom. The molecule has 0 saturated heterocycles. The number of hydrogen-bond donors (Lipinski definition) is 1. The molecule has 1 unspecified atom stereocenters. The SMILES string of the molecule is Cc1c(C)c2c(c(C)c1O)CCC(C)(C=C(Br)Br)O2. The Labute approximate surface area is 131 Å². The van der Waals surface area contributed by atoms with E-state index in [2.05, 4.69) is 38.8 Å². The number of hydrogen-bond acceptors (Lipinski definition) is 2. The minimum atomic E-state index is -0.323. The highest BCUT2D eigenvalue weighted by Crippen LogP contribution is 2.44. The van der Waals surface area contributed by atoms with Gasteiger partial charge in [0.1, 0.15) is 17.1 Å². The molecule has 1 heterocycles. The molecule has 0 radical (unpaired) electrons. The molecule has 104 valence electrons. The molecular formula is C15H18Br2O2. The van der Waals surface area contributed by atoms with Crippen molar-refractivity contribution in [3.63, 3.8) is 0 Å². The van der Waals surface area contributed by atoms with Crippen LogP contribution in [0.25, 0.3) is 0 Å². The molecular weight excluding hydrogens is 372 g/mol. The Balaban J connectivity index is 2.55. The number of phenolic OH excluding ortho intramolecular Hbond substituents is 1. The van der Waals surface area contributed by atoms with Crippen molar-refractivity contribution in [2.24, 2.45) is 0 Å². The zero-order chi connectivity index (χ0) is 14.4. The van der Waals surface area contributed by atoms with Gasteiger partial charge in [0, 0.05) is 5.56 Å². The fourth-order valence-corrected chi connectivity index (χ4v) is 3.57. The van der Waals surface area contributed by atoms with E-state index < -0.39 is 0 Å². The van der Waals surface area contributed by atoms with Crippen molar-refractivity contribution in [1.82, 2.24) is 0 Å². The highest BCUT2D eigenvalue weighted by molar-refractivity contribution is 9.28. The summed E-state index contributed by atoms with van der Waals surface area (Å²) >= 11 is 6.80. The highest BCUT2D eigenvalue weighted by Gasteiger charge is 2.33. The summed E-state index contributed by atoms with van der Waals surface area (Å²) in [7, 11) is 0. The number of ether oxygens (including phenoxy) is 1. The molecule has 19 heavy (non-hydrogen) atoms. The van der Waals surface area contributed by atoms with Gasteiger partial charge in [0.05, 0.1) is 3.39 Å². The second kappa shape index (κ2) is 5.13. The van der Waals surface area contributed by atoms with Gasteiger partial charge in [-0.05, 0) is 95.2 Å². The van der Waals surface area contributed by atoms with Crippen LogP contribution in [0.4, 0.5) is 0 Å². The average Bonchev–Trinajstić information content (AvgIpc) is 2.32. The average molecular weight is 390 g/mol. The van der Waals surface area contributed by atoms with Crippen LogP contribution in [0.2, 0.25) is 0 Å². The molecule has 2 rings (SSSR count). The van der Waals surface area contributed by atoms with Crippen molar-refractivity contribution >= 4 is 31.9 Å². The summed E-state index contributed by atoms with van der Waals surface area (Å²) in [6, 6.07) is 0. The van der Waals surface area contributed by atoms with E-state index in [1.54, 1.807) is 0 Å². The van der Waals surface area contributed by atoms with Crippen molar-refractivity contribution in [1.29, 1.82) is 0 Å². The molecule has 4 heteroatoms. The lowest BCUT2D eigenvalue weighted by Gasteiger charge is -2.36. The van der Waals surface area contributed by atoms with Crippen LogP contribution >= 0.6 is 31.9 Å². The summed E-state index contributed by atoms with van der Waals surface area (Å²) in [5.74, 6) is 1.33. The van der Waals surface area contributed by atoms with Gasteiger partial charge in [0.15, 0.2) is 0 Å². The molecule has 1 atom stereocenters. The Morgan fingerprint density at radius 2 is 1.84 bits per heavy atom. The number of aromatic hydroxyl groups is 1. The van der Waals surface area contributed by atoms with Crippen LogP contribution in [0, 0.1) is 20.8 Å². The van der Waals surface area contributed by atoms with E-state index in [0.717, 1.165) is 44.2 Å². The normalized spacial score (nSPS) is 21.6. The van der Waals surface area contributed by atoms with E-state index in [-0.39, 0.29) is 5.60 Å². The summed E-state index contributed by atoms with van der Waals surface area (Å²) < 4.78 is 7.13. The maximum atomic E-state index is 10.1. The number of benzene rings is 1. The fourth-order valence-electron chi connectivity index (χ4n) is 2.60. The van der Waals surface area contributed by atoms with E-state index in [9.17, 15) is 5.11 Å². The number of phenols is 1. The largest absolute Gasteiger partial charge is 0.507 e. The third-order valence-corrected chi connectivity index (χ3v) is 4.42. The number of fused-ring (bicyclic) bond motifs is 1. The van der Waals surface area contributed by atoms with Crippen molar-refractivity contribution < 1.29 is 9.84 Å². The van der Waals surface area contributed by atoms with Gasteiger partial charge in [0.25, 0.3) is 0 Å². The molecule has 0 bridgehead atoms. The van der Waals surface area contributed by atoms with Crippen LogP contribution in [-0.4, -0.2) is 10.7 Å². The van der Waals surface area contributed by atoms with Crippen molar-refractivity contribution in [3.05, 3.63) is 31.7 Å². The summed E-state index contributed by atoms with van der Waals surface area (Å²) in [6.07, 6.45) is 3.84. The van der Waals surface area contributed by atoms with Crippen LogP contribution in [0.15, 0.2) is 9.47 Å². The second-order valence-electron chi connectivity index (χ2n) is 5.38. The number of halogens is 2. The minimum Gasteiger partial charge on any atom is -0.507 e. The van der Waals surface area contributed by atoms with Crippen molar-refractivity contribution in [2.75, 3.05) is 0 Å². The second-order valence-corrected chi connectivity index (χ2v) is 8.15. The maximum Gasteiger partial charge on any atom is 0.127 e. The van der Waals surface area contributed by atoms with Gasteiger partial charge in [0.2, 0.25) is 0 Å². The third kappa shape index (κ3) is 2.70. The lowest BCUT2D eigenvalue weighted by atomic mass is 9.87. The fraction of sp³-hybridized carbons (Fsp3) is 0.467. The molecule has 1 aromatic carbocycles. The van der Waals surface area contributed by atoms with Crippen LogP contribution in [-0.2, 0) is 6.42 Å². The van der Waals surface area contributed by atoms with E-state index in [1.807, 2.05) is 26.8 Å². The molecule has 1 aromatic rings. The standard InChI is InChI=1S/C15H18Br2O2/c1-8-9(2)14-11(10(3)13(8)18)5-6-15(4,19-14)7-12(16)17/h7,18H,5-6H2,1-4H3. The highest BCUT2D eigenvalue weighted by atomic mass is 79.9. The molecule has 0 fully saturated rings. The molecule has 0 amide bonds. The smallest absolute Gasteiger partial charge is 0.127 e. The first kappa shape index (κ1) is 14.9. The van der Waals surface area contributed by atoms with Gasteiger partial charge >= 0.3 is 0 Å². The first-order valence-electron chi connectivity index (χ1n) is 6.29. The van der Waals surface area contributed by atoms with Gasteiger partial charge in [-0.25, -0.2) is 0 Å². The topological polar surface area (TPSA) is 29.5 Å². The van der Waals surface area contributed by atoms with Crippen molar-refractivity contribution in [3.8, 4) is 11.5 Å². The minimum absolute atomic E-state index is 0.323. The molecule has 1 N–H and O–H groups in total. The predicted molar refractivity (Wildman–Crippen MR) is 85.6 cm³/mol. The van der Waals surface area contributed by atoms with E-state index >= 15 is 0 Å². The Morgan fingerprint density at radius 3 is 2.42 bits per heavy atom. The van der Waals surface area contributed by atoms with Gasteiger partial charge in [-0.3, -0.25) is 0 Å². The van der Waals surface area contributed by atoms with Crippen LogP contribution in [0.3, 0.4) is 0 Å². The Kier molecular flexibility index (Phi) is 4.03. The monoisotopic (exact) mass is 388 g/mol. The Hall–Kier alpha value is -0.480. The predicted octanol–water partition coefficient (Wildman–Crippen LogP) is 5.03. The number of rotatable bonds is 1. The molecule has 1 aliphatic rings. The van der Waals surface area contributed by atoms with Gasteiger partial charge in [-0.15, -0.1) is 0 Å². The van der Waals surface area contributed by atoms with Crippen molar-refractivity contribution in [2.45, 2.75) is 46.1 Å². The zero-order valence-corrected chi connectivity index (χ0v) is 14.8. The van der Waals surface area contributed by atoms with E-state index in [4.69, 9.17) is 4.74 Å². The lowest BCUT2D eigenvalue weighted by molar-refractivity contribution is 0.113. The molecule has 1 aliphatic heterocycles. The summed E-state index contributed by atoms with van der Waals surface area (Å²) in [5.41, 5.74) is 3.69. The van der Waals surface area contributed by atoms with Crippen LogP contribution in [0.5, 0.6) is 11.5 Å². The molecule has 0 spiro atoms. The molecule has 0 aromatic heterocycles. The Bertz CT molecular complexity index is 560. The van der Waals surface area contributed by atoms with E-state index in [0.29, 0.717) is 5.75 Å². The molecule has 0 saturated carbocycles. The first-order chi connectivity index (χ1) is 8.75. The summed E-state index contributed by atoms with van der Waals surface area (Å²) in [5, 5.41) is 10.1. The zero-order valence-electron chi connectivity index (χ0n) is 11.6. The van der Waals surface area contributed by atoms with Gasteiger partial charge in [-0.2, -0.15) is 0 Å². The van der Waals surface area contributed by atoms with Gasteiger partial charge < -0.3 is 9.84 Å².